The standard InChI is InChI=1S/C17H20Cl2N2O4/c1-3-8-20-17(24)11(2)21-15(22)10-25-16(23)7-5-12-4-6-13(18)14(19)9-12/h4-7,9,11H,3,8,10H2,1-2H3,(H,20,24)(H,21,22)/b7-5+/t11-/m1/s1. The molecule has 1 rings (SSSR count). The number of esters is 1. The molecule has 2 amide bonds. The minimum Gasteiger partial charge on any atom is -0.452 e. The molecule has 0 unspecified atom stereocenters. The van der Waals surface area contributed by atoms with Gasteiger partial charge in [0, 0.05) is 12.6 Å². The Morgan fingerprint density at radius 3 is 2.60 bits per heavy atom. The molecule has 0 aliphatic carbocycles. The zero-order valence-electron chi connectivity index (χ0n) is 14.0. The summed E-state index contributed by atoms with van der Waals surface area (Å²) in [5.41, 5.74) is 0.664. The average molecular weight is 387 g/mol. The van der Waals surface area contributed by atoms with Crippen molar-refractivity contribution in [2.24, 2.45) is 0 Å². The summed E-state index contributed by atoms with van der Waals surface area (Å²) < 4.78 is 4.81. The van der Waals surface area contributed by atoms with E-state index in [-0.39, 0.29) is 5.91 Å². The van der Waals surface area contributed by atoms with Gasteiger partial charge in [0.2, 0.25) is 5.91 Å². The maximum absolute atomic E-state index is 11.7. The molecule has 0 saturated heterocycles. The van der Waals surface area contributed by atoms with Gasteiger partial charge in [-0.2, -0.15) is 0 Å². The van der Waals surface area contributed by atoms with Crippen LogP contribution in [-0.2, 0) is 19.1 Å². The lowest BCUT2D eigenvalue weighted by Crippen LogP contribution is -2.46. The van der Waals surface area contributed by atoms with Crippen LogP contribution in [0.25, 0.3) is 6.08 Å². The van der Waals surface area contributed by atoms with Gasteiger partial charge < -0.3 is 15.4 Å². The lowest BCUT2D eigenvalue weighted by molar-refractivity contribution is -0.144. The van der Waals surface area contributed by atoms with E-state index >= 15 is 0 Å². The van der Waals surface area contributed by atoms with Crippen molar-refractivity contribution in [1.82, 2.24) is 10.6 Å². The highest BCUT2D eigenvalue weighted by atomic mass is 35.5. The number of hydrogen-bond acceptors (Lipinski definition) is 4. The number of nitrogens with one attached hydrogen (secondary N) is 2. The number of benzene rings is 1. The monoisotopic (exact) mass is 386 g/mol. The number of halogens is 2. The van der Waals surface area contributed by atoms with Gasteiger partial charge in [0.15, 0.2) is 6.61 Å². The van der Waals surface area contributed by atoms with E-state index in [1.165, 1.54) is 12.2 Å². The molecule has 0 aliphatic rings. The van der Waals surface area contributed by atoms with E-state index in [0.29, 0.717) is 22.2 Å². The second-order valence-electron chi connectivity index (χ2n) is 5.19. The molecular weight excluding hydrogens is 367 g/mol. The van der Waals surface area contributed by atoms with Crippen LogP contribution in [0.3, 0.4) is 0 Å². The number of hydrogen-bond donors (Lipinski definition) is 2. The Hall–Kier alpha value is -2.05. The fourth-order valence-electron chi connectivity index (χ4n) is 1.72. The Morgan fingerprint density at radius 1 is 1.24 bits per heavy atom. The molecule has 136 valence electrons. The Kier molecular flexibility index (Phi) is 9.02. The fraction of sp³-hybridized carbons (Fsp3) is 0.353. The van der Waals surface area contributed by atoms with E-state index in [4.69, 9.17) is 27.9 Å². The highest BCUT2D eigenvalue weighted by molar-refractivity contribution is 6.42. The average Bonchev–Trinajstić information content (AvgIpc) is 2.58. The first kappa shape index (κ1) is 21.0. The van der Waals surface area contributed by atoms with Crippen molar-refractivity contribution in [3.05, 3.63) is 39.9 Å². The van der Waals surface area contributed by atoms with Crippen molar-refractivity contribution in [1.29, 1.82) is 0 Å². The number of ether oxygens (including phenoxy) is 1. The van der Waals surface area contributed by atoms with E-state index in [1.54, 1.807) is 25.1 Å². The summed E-state index contributed by atoms with van der Waals surface area (Å²) in [6.45, 7) is 3.53. The molecule has 0 bridgehead atoms. The molecule has 8 heteroatoms. The molecule has 1 atom stereocenters. The van der Waals surface area contributed by atoms with Gasteiger partial charge in [-0.3, -0.25) is 9.59 Å². The third-order valence-electron chi connectivity index (χ3n) is 3.02. The Labute approximate surface area is 156 Å². The molecule has 1 aromatic rings. The number of carbonyl (C=O) groups is 3. The predicted octanol–water partition coefficient (Wildman–Crippen LogP) is 2.58. The van der Waals surface area contributed by atoms with Crippen LogP contribution in [-0.4, -0.2) is 37.0 Å². The van der Waals surface area contributed by atoms with Crippen LogP contribution in [0, 0.1) is 0 Å². The highest BCUT2D eigenvalue weighted by Crippen LogP contribution is 2.23. The molecule has 0 radical (unpaired) electrons. The van der Waals surface area contributed by atoms with Gasteiger partial charge in [0.25, 0.3) is 5.91 Å². The summed E-state index contributed by atoms with van der Waals surface area (Å²) in [6.07, 6.45) is 3.46. The summed E-state index contributed by atoms with van der Waals surface area (Å²) in [7, 11) is 0. The number of rotatable bonds is 8. The summed E-state index contributed by atoms with van der Waals surface area (Å²) in [6, 6.07) is 4.18. The molecule has 2 N–H and O–H groups in total. The lowest BCUT2D eigenvalue weighted by Gasteiger charge is -2.13. The third kappa shape index (κ3) is 8.05. The van der Waals surface area contributed by atoms with Crippen molar-refractivity contribution in [2.75, 3.05) is 13.2 Å². The first-order valence-corrected chi connectivity index (χ1v) is 8.46. The van der Waals surface area contributed by atoms with Gasteiger partial charge in [-0.15, -0.1) is 0 Å². The summed E-state index contributed by atoms with van der Waals surface area (Å²) in [4.78, 5) is 34.9. The molecule has 0 saturated carbocycles. The molecule has 0 aliphatic heterocycles. The van der Waals surface area contributed by atoms with Crippen LogP contribution in [0.2, 0.25) is 10.0 Å². The van der Waals surface area contributed by atoms with Crippen molar-refractivity contribution in [2.45, 2.75) is 26.3 Å². The first-order valence-electron chi connectivity index (χ1n) is 7.70. The van der Waals surface area contributed by atoms with Crippen LogP contribution in [0.1, 0.15) is 25.8 Å². The molecular formula is C17H20Cl2N2O4. The Bertz CT molecular complexity index is 662. The van der Waals surface area contributed by atoms with E-state index in [1.807, 2.05) is 6.92 Å². The molecule has 1 aromatic carbocycles. The van der Waals surface area contributed by atoms with Crippen molar-refractivity contribution < 1.29 is 19.1 Å². The van der Waals surface area contributed by atoms with Crippen LogP contribution >= 0.6 is 23.2 Å². The van der Waals surface area contributed by atoms with Gasteiger partial charge in [0.1, 0.15) is 6.04 Å². The van der Waals surface area contributed by atoms with E-state index in [0.717, 1.165) is 6.42 Å². The van der Waals surface area contributed by atoms with E-state index < -0.39 is 24.5 Å². The van der Waals surface area contributed by atoms with Gasteiger partial charge in [0.05, 0.1) is 10.0 Å². The first-order chi connectivity index (χ1) is 11.8. The number of amides is 2. The highest BCUT2D eigenvalue weighted by Gasteiger charge is 2.15. The van der Waals surface area contributed by atoms with E-state index in [2.05, 4.69) is 10.6 Å². The summed E-state index contributed by atoms with van der Waals surface area (Å²) in [5, 5.41) is 5.88. The van der Waals surface area contributed by atoms with Crippen LogP contribution < -0.4 is 10.6 Å². The Balaban J connectivity index is 2.39. The zero-order valence-corrected chi connectivity index (χ0v) is 15.5. The molecule has 25 heavy (non-hydrogen) atoms. The predicted molar refractivity (Wildman–Crippen MR) is 97.4 cm³/mol. The quantitative estimate of drug-likeness (QED) is 0.531. The Morgan fingerprint density at radius 2 is 1.96 bits per heavy atom. The summed E-state index contributed by atoms with van der Waals surface area (Å²) >= 11 is 11.7. The van der Waals surface area contributed by atoms with Gasteiger partial charge in [-0.05, 0) is 37.1 Å². The molecule has 6 nitrogen and oxygen atoms in total. The van der Waals surface area contributed by atoms with Gasteiger partial charge in [-0.1, -0.05) is 36.2 Å². The molecule has 0 aromatic heterocycles. The number of carbonyl (C=O) groups excluding carboxylic acids is 3. The second-order valence-corrected chi connectivity index (χ2v) is 6.01. The molecule has 0 heterocycles. The minimum absolute atomic E-state index is 0.291. The zero-order chi connectivity index (χ0) is 18.8. The van der Waals surface area contributed by atoms with Gasteiger partial charge in [-0.25, -0.2) is 4.79 Å². The van der Waals surface area contributed by atoms with Crippen molar-refractivity contribution >= 4 is 47.1 Å². The second kappa shape index (κ2) is 10.7. The van der Waals surface area contributed by atoms with Gasteiger partial charge >= 0.3 is 5.97 Å². The lowest BCUT2D eigenvalue weighted by atomic mass is 10.2. The van der Waals surface area contributed by atoms with Crippen molar-refractivity contribution in [3.63, 3.8) is 0 Å². The van der Waals surface area contributed by atoms with Crippen LogP contribution in [0.5, 0.6) is 0 Å². The third-order valence-corrected chi connectivity index (χ3v) is 3.76. The smallest absolute Gasteiger partial charge is 0.331 e. The molecule has 0 spiro atoms. The van der Waals surface area contributed by atoms with Crippen LogP contribution in [0.4, 0.5) is 0 Å². The largest absolute Gasteiger partial charge is 0.452 e. The maximum Gasteiger partial charge on any atom is 0.331 e. The molecule has 0 fully saturated rings. The van der Waals surface area contributed by atoms with E-state index in [9.17, 15) is 14.4 Å². The topological polar surface area (TPSA) is 84.5 Å². The maximum atomic E-state index is 11.7. The fourth-order valence-corrected chi connectivity index (χ4v) is 2.02. The SMILES string of the molecule is CCCNC(=O)[C@@H](C)NC(=O)COC(=O)/C=C/c1ccc(Cl)c(Cl)c1. The summed E-state index contributed by atoms with van der Waals surface area (Å²) in [5.74, 6) is -1.54. The van der Waals surface area contributed by atoms with Crippen LogP contribution in [0.15, 0.2) is 24.3 Å². The normalized spacial score (nSPS) is 11.8. The minimum atomic E-state index is -0.704. The van der Waals surface area contributed by atoms with Crippen molar-refractivity contribution in [3.8, 4) is 0 Å².